The van der Waals surface area contributed by atoms with Gasteiger partial charge in [-0.3, -0.25) is 4.79 Å². The first-order chi connectivity index (χ1) is 10.6. The average molecular weight is 343 g/mol. The predicted octanol–water partition coefficient (Wildman–Crippen LogP) is 2.65. The van der Waals surface area contributed by atoms with Gasteiger partial charge in [0.05, 0.1) is 0 Å². The summed E-state index contributed by atoms with van der Waals surface area (Å²) < 4.78 is 18.7. The van der Waals surface area contributed by atoms with E-state index < -0.39 is 5.82 Å². The quantitative estimate of drug-likeness (QED) is 0.884. The third-order valence-electron chi connectivity index (χ3n) is 4.90. The second-order valence-electron chi connectivity index (χ2n) is 6.49. The van der Waals surface area contributed by atoms with Gasteiger partial charge in [-0.05, 0) is 49.7 Å². The van der Waals surface area contributed by atoms with Crippen LogP contribution >= 0.6 is 12.4 Å². The highest BCUT2D eigenvalue weighted by Crippen LogP contribution is 2.39. The van der Waals surface area contributed by atoms with E-state index in [-0.39, 0.29) is 42.8 Å². The molecule has 0 spiro atoms. The molecule has 1 amide bonds. The van der Waals surface area contributed by atoms with Crippen molar-refractivity contribution in [2.24, 2.45) is 17.6 Å². The van der Waals surface area contributed by atoms with Crippen molar-refractivity contribution in [3.8, 4) is 5.75 Å². The number of hydrogen-bond acceptors (Lipinski definition) is 3. The predicted molar refractivity (Wildman–Crippen MR) is 89.1 cm³/mol. The molecule has 0 heterocycles. The lowest BCUT2D eigenvalue weighted by molar-refractivity contribution is -0.125. The van der Waals surface area contributed by atoms with Crippen molar-refractivity contribution < 1.29 is 13.9 Å². The zero-order valence-electron chi connectivity index (χ0n) is 13.0. The van der Waals surface area contributed by atoms with Gasteiger partial charge in [-0.25, -0.2) is 4.39 Å². The van der Waals surface area contributed by atoms with Crippen molar-refractivity contribution >= 4 is 18.3 Å². The van der Waals surface area contributed by atoms with Crippen LogP contribution in [-0.4, -0.2) is 24.6 Å². The summed E-state index contributed by atoms with van der Waals surface area (Å²) in [6.07, 6.45) is 5.44. The number of nitrogens with two attached hydrogens (primary N) is 1. The number of benzene rings is 1. The number of fused-ring (bicyclic) bond motifs is 2. The minimum absolute atomic E-state index is 0. The minimum Gasteiger partial charge on any atom is -0.481 e. The van der Waals surface area contributed by atoms with Crippen LogP contribution < -0.4 is 15.8 Å². The van der Waals surface area contributed by atoms with Crippen LogP contribution in [0.25, 0.3) is 0 Å². The molecule has 6 heteroatoms. The first kappa shape index (κ1) is 18.0. The smallest absolute Gasteiger partial charge is 0.258 e. The normalized spacial score (nSPS) is 29.3. The van der Waals surface area contributed by atoms with Gasteiger partial charge in [-0.15, -0.1) is 12.4 Å². The molecule has 3 N–H and O–H groups in total. The summed E-state index contributed by atoms with van der Waals surface area (Å²) in [4.78, 5) is 12.1. The summed E-state index contributed by atoms with van der Waals surface area (Å²) >= 11 is 0. The van der Waals surface area contributed by atoms with Crippen LogP contribution in [0.1, 0.15) is 32.1 Å². The molecule has 0 saturated heterocycles. The van der Waals surface area contributed by atoms with Crippen molar-refractivity contribution in [1.29, 1.82) is 0 Å². The van der Waals surface area contributed by atoms with Crippen molar-refractivity contribution in [3.63, 3.8) is 0 Å². The topological polar surface area (TPSA) is 64.3 Å². The Morgan fingerprint density at radius 3 is 2.57 bits per heavy atom. The molecule has 4 nitrogen and oxygen atoms in total. The number of carbonyl (C=O) groups is 1. The molecule has 1 aromatic carbocycles. The maximum atomic E-state index is 13.5. The van der Waals surface area contributed by atoms with E-state index in [0.717, 1.165) is 25.7 Å². The summed E-state index contributed by atoms with van der Waals surface area (Å²) in [5.74, 6) is 0.430. The lowest BCUT2D eigenvalue weighted by Crippen LogP contribution is -2.54. The first-order valence-electron chi connectivity index (χ1n) is 8.05. The molecule has 2 saturated carbocycles. The molecule has 0 radical (unpaired) electrons. The highest BCUT2D eigenvalue weighted by Gasteiger charge is 2.39. The number of para-hydroxylation sites is 1. The van der Waals surface area contributed by atoms with E-state index in [4.69, 9.17) is 10.5 Å². The zero-order chi connectivity index (χ0) is 15.5. The molecule has 1 aromatic rings. The maximum Gasteiger partial charge on any atom is 0.258 e. The second kappa shape index (κ2) is 7.97. The number of hydrogen-bond donors (Lipinski definition) is 2. The van der Waals surface area contributed by atoms with Crippen molar-refractivity contribution in [1.82, 2.24) is 5.32 Å². The second-order valence-corrected chi connectivity index (χ2v) is 6.49. The highest BCUT2D eigenvalue weighted by molar-refractivity contribution is 5.85. The van der Waals surface area contributed by atoms with Crippen LogP contribution in [0.15, 0.2) is 24.3 Å². The molecular weight excluding hydrogens is 319 g/mol. The largest absolute Gasteiger partial charge is 0.481 e. The monoisotopic (exact) mass is 342 g/mol. The Bertz CT molecular complexity index is 529. The summed E-state index contributed by atoms with van der Waals surface area (Å²) in [6, 6.07) is 6.58. The van der Waals surface area contributed by atoms with Gasteiger partial charge in [-0.2, -0.15) is 0 Å². The molecule has 2 bridgehead atoms. The fourth-order valence-corrected chi connectivity index (χ4v) is 3.96. The first-order valence-corrected chi connectivity index (χ1v) is 8.05. The van der Waals surface area contributed by atoms with Gasteiger partial charge in [0.25, 0.3) is 5.91 Å². The van der Waals surface area contributed by atoms with Crippen molar-refractivity contribution in [2.75, 3.05) is 6.61 Å². The average Bonchev–Trinajstić information content (AvgIpc) is 2.47. The molecule has 2 aliphatic rings. The van der Waals surface area contributed by atoms with Crippen LogP contribution in [-0.2, 0) is 4.79 Å². The Morgan fingerprint density at radius 2 is 1.91 bits per heavy atom. The standard InChI is InChI=1S/C17H23FN2O2.ClH/c18-14-6-1-2-7-15(14)22-10-16(21)20-17-11-4-3-5-12(17)9-13(19)8-11;/h1-2,6-7,11-13,17H,3-5,8-10,19H2,(H,20,21);1H. The Morgan fingerprint density at radius 1 is 1.26 bits per heavy atom. The van der Waals surface area contributed by atoms with E-state index in [2.05, 4.69) is 5.32 Å². The van der Waals surface area contributed by atoms with Gasteiger partial charge >= 0.3 is 0 Å². The van der Waals surface area contributed by atoms with Gasteiger partial charge in [0.15, 0.2) is 18.2 Å². The summed E-state index contributed by atoms with van der Waals surface area (Å²) in [5.41, 5.74) is 6.09. The molecule has 2 aliphatic carbocycles. The van der Waals surface area contributed by atoms with Crippen molar-refractivity contribution in [3.05, 3.63) is 30.1 Å². The lowest BCUT2D eigenvalue weighted by atomic mass is 9.67. The fraction of sp³-hybridized carbons (Fsp3) is 0.588. The van der Waals surface area contributed by atoms with Crippen LogP contribution in [0.5, 0.6) is 5.75 Å². The van der Waals surface area contributed by atoms with E-state index in [1.54, 1.807) is 12.1 Å². The Hall–Kier alpha value is -1.33. The Balaban J connectivity index is 0.00000192. The molecule has 2 unspecified atom stereocenters. The number of nitrogens with one attached hydrogen (secondary N) is 1. The van der Waals surface area contributed by atoms with Gasteiger partial charge in [0.1, 0.15) is 0 Å². The molecule has 23 heavy (non-hydrogen) atoms. The van der Waals surface area contributed by atoms with Crippen LogP contribution in [0, 0.1) is 17.7 Å². The number of halogens is 2. The summed E-state index contributed by atoms with van der Waals surface area (Å²) in [7, 11) is 0. The number of carbonyl (C=O) groups excluding carboxylic acids is 1. The molecule has 2 fully saturated rings. The molecule has 0 aliphatic heterocycles. The SMILES string of the molecule is Cl.NC1CC2CCCC(C1)C2NC(=O)COc1ccccc1F. The van der Waals surface area contributed by atoms with Crippen molar-refractivity contribution in [2.45, 2.75) is 44.2 Å². The number of amides is 1. The zero-order valence-corrected chi connectivity index (χ0v) is 13.9. The Labute approximate surface area is 142 Å². The Kier molecular flexibility index (Phi) is 6.25. The fourth-order valence-electron chi connectivity index (χ4n) is 3.96. The third kappa shape index (κ3) is 4.36. The summed E-state index contributed by atoms with van der Waals surface area (Å²) in [6.45, 7) is -0.150. The van der Waals surface area contributed by atoms with E-state index in [1.807, 2.05) is 0 Å². The van der Waals surface area contributed by atoms with E-state index in [1.165, 1.54) is 18.6 Å². The van der Waals surface area contributed by atoms with E-state index in [9.17, 15) is 9.18 Å². The molecule has 3 rings (SSSR count). The minimum atomic E-state index is -0.448. The third-order valence-corrected chi connectivity index (χ3v) is 4.90. The molecular formula is C17H24ClFN2O2. The lowest BCUT2D eigenvalue weighted by Gasteiger charge is -2.45. The molecule has 128 valence electrons. The highest BCUT2D eigenvalue weighted by atomic mass is 35.5. The number of ether oxygens (including phenoxy) is 1. The van der Waals surface area contributed by atoms with Crippen LogP contribution in [0.3, 0.4) is 0 Å². The summed E-state index contributed by atoms with van der Waals surface area (Å²) in [5, 5.41) is 3.09. The van der Waals surface area contributed by atoms with Crippen LogP contribution in [0.2, 0.25) is 0 Å². The van der Waals surface area contributed by atoms with Crippen LogP contribution in [0.4, 0.5) is 4.39 Å². The maximum absolute atomic E-state index is 13.5. The van der Waals surface area contributed by atoms with Gasteiger partial charge in [-0.1, -0.05) is 18.6 Å². The van der Waals surface area contributed by atoms with Gasteiger partial charge in [0, 0.05) is 12.1 Å². The number of rotatable bonds is 4. The van der Waals surface area contributed by atoms with E-state index in [0.29, 0.717) is 11.8 Å². The van der Waals surface area contributed by atoms with Gasteiger partial charge in [0.2, 0.25) is 0 Å². The van der Waals surface area contributed by atoms with E-state index >= 15 is 0 Å². The molecule has 0 aromatic heterocycles. The molecule has 2 atom stereocenters. The van der Waals surface area contributed by atoms with Gasteiger partial charge < -0.3 is 15.8 Å².